The van der Waals surface area contributed by atoms with Crippen LogP contribution >= 0.6 is 0 Å². The van der Waals surface area contributed by atoms with Crippen LogP contribution in [0.15, 0.2) is 30.3 Å². The van der Waals surface area contributed by atoms with E-state index in [1.165, 1.54) is 5.56 Å². The van der Waals surface area contributed by atoms with Crippen LogP contribution in [0.3, 0.4) is 0 Å². The molecule has 4 heteroatoms. The van der Waals surface area contributed by atoms with E-state index in [9.17, 15) is 8.42 Å². The third-order valence-electron chi connectivity index (χ3n) is 2.92. The number of hydrogen-bond acceptors (Lipinski definition) is 3. The molecule has 0 unspecified atom stereocenters. The SMILES string of the molecule is O=S1(=O)CC[C@@H](NCCc2ccccc2)C1. The molecule has 1 atom stereocenters. The molecule has 0 spiro atoms. The molecular formula is C12H17NO2S. The maximum absolute atomic E-state index is 11.2. The predicted molar refractivity (Wildman–Crippen MR) is 65.2 cm³/mol. The van der Waals surface area contributed by atoms with E-state index in [2.05, 4.69) is 17.4 Å². The van der Waals surface area contributed by atoms with E-state index in [4.69, 9.17) is 0 Å². The van der Waals surface area contributed by atoms with E-state index in [-0.39, 0.29) is 6.04 Å². The summed E-state index contributed by atoms with van der Waals surface area (Å²) in [6.45, 7) is 0.851. The Labute approximate surface area is 96.8 Å². The zero-order valence-corrected chi connectivity index (χ0v) is 10.0. The Morgan fingerprint density at radius 2 is 2.00 bits per heavy atom. The number of sulfone groups is 1. The summed E-state index contributed by atoms with van der Waals surface area (Å²) in [5.74, 6) is 0.651. The quantitative estimate of drug-likeness (QED) is 0.853. The summed E-state index contributed by atoms with van der Waals surface area (Å²) in [5.41, 5.74) is 1.29. The molecule has 0 saturated carbocycles. The molecule has 1 N–H and O–H groups in total. The number of benzene rings is 1. The highest BCUT2D eigenvalue weighted by Gasteiger charge is 2.26. The highest BCUT2D eigenvalue weighted by atomic mass is 32.2. The molecular weight excluding hydrogens is 222 g/mol. The molecule has 0 amide bonds. The van der Waals surface area contributed by atoms with Crippen molar-refractivity contribution in [3.63, 3.8) is 0 Å². The highest BCUT2D eigenvalue weighted by Crippen LogP contribution is 2.11. The number of rotatable bonds is 4. The Hall–Kier alpha value is -0.870. The van der Waals surface area contributed by atoms with Gasteiger partial charge in [0, 0.05) is 6.04 Å². The minimum Gasteiger partial charge on any atom is -0.313 e. The number of nitrogens with one attached hydrogen (secondary N) is 1. The third kappa shape index (κ3) is 3.32. The second kappa shape index (κ2) is 4.97. The van der Waals surface area contributed by atoms with E-state index in [0.717, 1.165) is 19.4 Å². The van der Waals surface area contributed by atoms with E-state index >= 15 is 0 Å². The highest BCUT2D eigenvalue weighted by molar-refractivity contribution is 7.91. The van der Waals surface area contributed by atoms with Gasteiger partial charge in [-0.2, -0.15) is 0 Å². The smallest absolute Gasteiger partial charge is 0.151 e. The van der Waals surface area contributed by atoms with E-state index in [1.807, 2.05) is 18.2 Å². The van der Waals surface area contributed by atoms with Crippen LogP contribution in [0.5, 0.6) is 0 Å². The molecule has 1 aliphatic rings. The lowest BCUT2D eigenvalue weighted by Crippen LogP contribution is -2.31. The maximum atomic E-state index is 11.2. The average Bonchev–Trinajstić information content (AvgIpc) is 2.60. The van der Waals surface area contributed by atoms with Gasteiger partial charge in [0.15, 0.2) is 9.84 Å². The first-order chi connectivity index (χ1) is 7.66. The van der Waals surface area contributed by atoms with Crippen molar-refractivity contribution < 1.29 is 8.42 Å². The van der Waals surface area contributed by atoms with Gasteiger partial charge in [-0.15, -0.1) is 0 Å². The van der Waals surface area contributed by atoms with Crippen molar-refractivity contribution in [3.8, 4) is 0 Å². The zero-order chi connectivity index (χ0) is 11.4. The van der Waals surface area contributed by atoms with Crippen LogP contribution in [-0.4, -0.2) is 32.5 Å². The largest absolute Gasteiger partial charge is 0.313 e. The van der Waals surface area contributed by atoms with Gasteiger partial charge in [-0.1, -0.05) is 30.3 Å². The molecule has 0 bridgehead atoms. The van der Waals surface area contributed by atoms with Gasteiger partial charge in [0.1, 0.15) is 0 Å². The Balaban J connectivity index is 1.74. The topological polar surface area (TPSA) is 46.2 Å². The molecule has 1 saturated heterocycles. The van der Waals surface area contributed by atoms with Gasteiger partial charge < -0.3 is 5.32 Å². The fraction of sp³-hybridized carbons (Fsp3) is 0.500. The van der Waals surface area contributed by atoms with Crippen molar-refractivity contribution in [2.75, 3.05) is 18.1 Å². The minimum atomic E-state index is -2.75. The van der Waals surface area contributed by atoms with Crippen LogP contribution in [0.1, 0.15) is 12.0 Å². The average molecular weight is 239 g/mol. The van der Waals surface area contributed by atoms with Crippen LogP contribution in [0, 0.1) is 0 Å². The molecule has 3 nitrogen and oxygen atoms in total. The Morgan fingerprint density at radius 1 is 1.25 bits per heavy atom. The van der Waals surface area contributed by atoms with Crippen LogP contribution in [0.25, 0.3) is 0 Å². The van der Waals surface area contributed by atoms with E-state index in [1.54, 1.807) is 0 Å². The standard InChI is InChI=1S/C12H17NO2S/c14-16(15)9-7-12(10-16)13-8-6-11-4-2-1-3-5-11/h1-5,12-13H,6-10H2/t12-/m1/s1. The van der Waals surface area contributed by atoms with Crippen LogP contribution in [0.2, 0.25) is 0 Å². The molecule has 0 aromatic heterocycles. The van der Waals surface area contributed by atoms with Crippen molar-refractivity contribution in [3.05, 3.63) is 35.9 Å². The fourth-order valence-electron chi connectivity index (χ4n) is 2.02. The second-order valence-electron chi connectivity index (χ2n) is 4.29. The zero-order valence-electron chi connectivity index (χ0n) is 9.22. The molecule has 1 aromatic rings. The molecule has 1 fully saturated rings. The van der Waals surface area contributed by atoms with Crippen molar-refractivity contribution in [2.45, 2.75) is 18.9 Å². The van der Waals surface area contributed by atoms with Crippen molar-refractivity contribution >= 4 is 9.84 Å². The Bertz CT molecular complexity index is 428. The summed E-state index contributed by atoms with van der Waals surface area (Å²) >= 11 is 0. The molecule has 1 aromatic carbocycles. The molecule has 0 radical (unpaired) electrons. The Morgan fingerprint density at radius 3 is 2.62 bits per heavy atom. The van der Waals surface area contributed by atoms with Gasteiger partial charge in [-0.25, -0.2) is 8.42 Å². The first-order valence-electron chi connectivity index (χ1n) is 5.63. The van der Waals surface area contributed by atoms with Gasteiger partial charge in [0.05, 0.1) is 11.5 Å². The van der Waals surface area contributed by atoms with Crippen LogP contribution in [-0.2, 0) is 16.3 Å². The lowest BCUT2D eigenvalue weighted by molar-refractivity contribution is 0.557. The van der Waals surface area contributed by atoms with Gasteiger partial charge in [-0.05, 0) is 24.9 Å². The molecule has 0 aliphatic carbocycles. The van der Waals surface area contributed by atoms with Crippen LogP contribution < -0.4 is 5.32 Å². The number of hydrogen-bond donors (Lipinski definition) is 1. The first-order valence-corrected chi connectivity index (χ1v) is 7.46. The normalized spacial score (nSPS) is 23.4. The summed E-state index contributed by atoms with van der Waals surface area (Å²) in [6.07, 6.45) is 1.72. The van der Waals surface area contributed by atoms with E-state index in [0.29, 0.717) is 11.5 Å². The monoisotopic (exact) mass is 239 g/mol. The van der Waals surface area contributed by atoms with Gasteiger partial charge >= 0.3 is 0 Å². The summed E-state index contributed by atoms with van der Waals surface area (Å²) in [4.78, 5) is 0. The maximum Gasteiger partial charge on any atom is 0.151 e. The van der Waals surface area contributed by atoms with E-state index < -0.39 is 9.84 Å². The minimum absolute atomic E-state index is 0.161. The molecule has 2 rings (SSSR count). The molecule has 16 heavy (non-hydrogen) atoms. The van der Waals surface area contributed by atoms with Crippen molar-refractivity contribution in [1.29, 1.82) is 0 Å². The lowest BCUT2D eigenvalue weighted by atomic mass is 10.1. The lowest BCUT2D eigenvalue weighted by Gasteiger charge is -2.10. The summed E-state index contributed by atoms with van der Waals surface area (Å²) < 4.78 is 22.5. The predicted octanol–water partition coefficient (Wildman–Crippen LogP) is 1.01. The summed E-state index contributed by atoms with van der Waals surface area (Å²) in [6, 6.07) is 10.4. The van der Waals surface area contributed by atoms with Gasteiger partial charge in [-0.3, -0.25) is 0 Å². The van der Waals surface area contributed by atoms with Crippen molar-refractivity contribution in [1.82, 2.24) is 5.32 Å². The third-order valence-corrected chi connectivity index (χ3v) is 4.69. The first kappa shape index (κ1) is 11.6. The Kier molecular flexibility index (Phi) is 3.61. The van der Waals surface area contributed by atoms with Crippen molar-refractivity contribution in [2.24, 2.45) is 0 Å². The molecule has 88 valence electrons. The van der Waals surface area contributed by atoms with Gasteiger partial charge in [0.2, 0.25) is 0 Å². The summed E-state index contributed by atoms with van der Waals surface area (Å²) in [7, 11) is -2.75. The summed E-state index contributed by atoms with van der Waals surface area (Å²) in [5, 5.41) is 3.31. The molecule has 1 aliphatic heterocycles. The van der Waals surface area contributed by atoms with Crippen LogP contribution in [0.4, 0.5) is 0 Å². The molecule has 1 heterocycles. The fourth-order valence-corrected chi connectivity index (χ4v) is 3.73. The second-order valence-corrected chi connectivity index (χ2v) is 6.52. The van der Waals surface area contributed by atoms with Gasteiger partial charge in [0.25, 0.3) is 0 Å².